The smallest absolute Gasteiger partial charge is 0.258 e. The molecule has 1 heterocycles. The van der Waals surface area contributed by atoms with Crippen LogP contribution >= 0.6 is 0 Å². The summed E-state index contributed by atoms with van der Waals surface area (Å²) in [6.07, 6.45) is 1.51. The lowest BCUT2D eigenvalue weighted by molar-refractivity contribution is -0.129. The first-order valence-corrected chi connectivity index (χ1v) is 8.49. The van der Waals surface area contributed by atoms with E-state index in [1.807, 2.05) is 60.7 Å². The minimum atomic E-state index is -0.563. The van der Waals surface area contributed by atoms with Gasteiger partial charge in [-0.15, -0.1) is 0 Å². The number of amides is 2. The highest BCUT2D eigenvalue weighted by Crippen LogP contribution is 2.24. The van der Waals surface area contributed by atoms with Gasteiger partial charge in [-0.05, 0) is 17.2 Å². The molecule has 0 saturated carbocycles. The van der Waals surface area contributed by atoms with Crippen LogP contribution in [0.1, 0.15) is 17.0 Å². The minimum absolute atomic E-state index is 0.179. The second kappa shape index (κ2) is 8.62. The van der Waals surface area contributed by atoms with Crippen LogP contribution in [0.15, 0.2) is 89.9 Å². The van der Waals surface area contributed by atoms with Crippen LogP contribution in [0, 0.1) is 0 Å². The molecule has 2 N–H and O–H groups in total. The maximum Gasteiger partial charge on any atom is 0.258 e. The predicted molar refractivity (Wildman–Crippen MR) is 102 cm³/mol. The van der Waals surface area contributed by atoms with E-state index in [1.165, 1.54) is 16.8 Å². The van der Waals surface area contributed by atoms with Crippen molar-refractivity contribution >= 4 is 11.8 Å². The number of benzene rings is 2. The molecule has 0 aliphatic heterocycles. The molecule has 0 unspecified atom stereocenters. The van der Waals surface area contributed by atoms with E-state index in [4.69, 9.17) is 0 Å². The quantitative estimate of drug-likeness (QED) is 0.681. The number of pyridine rings is 1. The largest absolute Gasteiger partial charge is 0.306 e. The normalized spacial score (nSPS) is 10.4. The molecular weight excluding hydrogens is 342 g/mol. The van der Waals surface area contributed by atoms with Crippen LogP contribution in [0.2, 0.25) is 0 Å². The lowest BCUT2D eigenvalue weighted by Gasteiger charge is -2.18. The van der Waals surface area contributed by atoms with Crippen LogP contribution in [0.25, 0.3) is 0 Å². The van der Waals surface area contributed by atoms with E-state index in [9.17, 15) is 14.4 Å². The number of nitrogens with zero attached hydrogens (tertiary/aromatic N) is 1. The molecule has 2 aromatic carbocycles. The molecule has 0 spiro atoms. The summed E-state index contributed by atoms with van der Waals surface area (Å²) in [4.78, 5) is 36.5. The first-order valence-electron chi connectivity index (χ1n) is 8.49. The van der Waals surface area contributed by atoms with E-state index in [0.29, 0.717) is 0 Å². The Morgan fingerprint density at radius 1 is 0.778 bits per heavy atom. The van der Waals surface area contributed by atoms with Crippen molar-refractivity contribution < 1.29 is 9.59 Å². The van der Waals surface area contributed by atoms with Gasteiger partial charge in [0.15, 0.2) is 0 Å². The highest BCUT2D eigenvalue weighted by atomic mass is 16.2. The lowest BCUT2D eigenvalue weighted by Crippen LogP contribution is -2.46. The number of hydrogen-bond acceptors (Lipinski definition) is 3. The summed E-state index contributed by atoms with van der Waals surface area (Å²) >= 11 is 0. The van der Waals surface area contributed by atoms with Gasteiger partial charge in [0.2, 0.25) is 5.91 Å². The predicted octanol–water partition coefficient (Wildman–Crippen LogP) is 1.83. The van der Waals surface area contributed by atoms with Crippen LogP contribution in [-0.4, -0.2) is 16.4 Å². The monoisotopic (exact) mass is 361 g/mol. The summed E-state index contributed by atoms with van der Waals surface area (Å²) in [5.41, 5.74) is 6.19. The molecule has 0 fully saturated rings. The Kier molecular flexibility index (Phi) is 5.79. The average molecular weight is 361 g/mol. The Balaban J connectivity index is 1.71. The number of rotatable bonds is 5. The van der Waals surface area contributed by atoms with Crippen LogP contribution in [0.3, 0.4) is 0 Å². The van der Waals surface area contributed by atoms with E-state index in [0.717, 1.165) is 11.1 Å². The van der Waals surface area contributed by atoms with Gasteiger partial charge in [0, 0.05) is 12.3 Å². The fourth-order valence-electron chi connectivity index (χ4n) is 2.78. The zero-order valence-corrected chi connectivity index (χ0v) is 14.5. The van der Waals surface area contributed by atoms with E-state index in [2.05, 4.69) is 10.9 Å². The second-order valence-electron chi connectivity index (χ2n) is 5.96. The minimum Gasteiger partial charge on any atom is -0.306 e. The number of nitrogens with one attached hydrogen (secondary N) is 2. The molecule has 1 aromatic heterocycles. The summed E-state index contributed by atoms with van der Waals surface area (Å²) < 4.78 is 1.26. The zero-order chi connectivity index (χ0) is 19.1. The number of hydrogen-bond donors (Lipinski definition) is 2. The van der Waals surface area contributed by atoms with E-state index >= 15 is 0 Å². The Morgan fingerprint density at radius 2 is 1.33 bits per heavy atom. The van der Waals surface area contributed by atoms with Crippen LogP contribution < -0.4 is 16.4 Å². The zero-order valence-electron chi connectivity index (χ0n) is 14.5. The SMILES string of the molecule is O=C(Cn1ccccc1=O)NNC(=O)C(c1ccccc1)c1ccccc1. The third-order valence-corrected chi connectivity index (χ3v) is 4.07. The van der Waals surface area contributed by atoms with Crippen molar-refractivity contribution in [3.8, 4) is 0 Å². The fourth-order valence-corrected chi connectivity index (χ4v) is 2.78. The molecule has 6 nitrogen and oxygen atoms in total. The molecule has 2 amide bonds. The van der Waals surface area contributed by atoms with E-state index in [-0.39, 0.29) is 18.0 Å². The Hall–Kier alpha value is -3.67. The summed E-state index contributed by atoms with van der Waals surface area (Å²) in [7, 11) is 0. The van der Waals surface area contributed by atoms with Crippen molar-refractivity contribution in [1.29, 1.82) is 0 Å². The molecule has 136 valence electrons. The maximum atomic E-state index is 12.8. The first-order chi connectivity index (χ1) is 13.1. The average Bonchev–Trinajstić information content (AvgIpc) is 2.70. The molecule has 3 aromatic rings. The molecule has 3 rings (SSSR count). The Labute approximate surface area is 156 Å². The van der Waals surface area contributed by atoms with E-state index in [1.54, 1.807) is 12.1 Å². The van der Waals surface area contributed by atoms with Crippen LogP contribution in [0.4, 0.5) is 0 Å². The maximum absolute atomic E-state index is 12.8. The van der Waals surface area contributed by atoms with Gasteiger partial charge < -0.3 is 4.57 Å². The van der Waals surface area contributed by atoms with Gasteiger partial charge in [0.25, 0.3) is 11.5 Å². The topological polar surface area (TPSA) is 80.2 Å². The lowest BCUT2D eigenvalue weighted by atomic mass is 9.91. The summed E-state index contributed by atoms with van der Waals surface area (Å²) in [6.45, 7) is -0.179. The number of hydrazine groups is 1. The van der Waals surface area contributed by atoms with Crippen molar-refractivity contribution in [2.24, 2.45) is 0 Å². The molecule has 0 aliphatic carbocycles. The molecule has 0 atom stereocenters. The van der Waals surface area contributed by atoms with Crippen molar-refractivity contribution in [2.75, 3.05) is 0 Å². The summed E-state index contributed by atoms with van der Waals surface area (Å²) in [5, 5.41) is 0. The second-order valence-corrected chi connectivity index (χ2v) is 5.96. The van der Waals surface area contributed by atoms with Gasteiger partial charge >= 0.3 is 0 Å². The fraction of sp³-hybridized carbons (Fsp3) is 0.0952. The molecule has 27 heavy (non-hydrogen) atoms. The van der Waals surface area contributed by atoms with Gasteiger partial charge in [0.1, 0.15) is 6.54 Å². The Bertz CT molecular complexity index is 929. The van der Waals surface area contributed by atoms with Gasteiger partial charge in [-0.25, -0.2) is 0 Å². The van der Waals surface area contributed by atoms with Gasteiger partial charge in [-0.2, -0.15) is 0 Å². The Morgan fingerprint density at radius 3 is 1.89 bits per heavy atom. The van der Waals surface area contributed by atoms with Gasteiger partial charge in [0.05, 0.1) is 5.92 Å². The third-order valence-electron chi connectivity index (χ3n) is 4.07. The van der Waals surface area contributed by atoms with Crippen molar-refractivity contribution in [3.63, 3.8) is 0 Å². The van der Waals surface area contributed by atoms with Crippen LogP contribution in [-0.2, 0) is 16.1 Å². The molecule has 0 aliphatic rings. The van der Waals surface area contributed by atoms with Crippen molar-refractivity contribution in [3.05, 3.63) is 107 Å². The van der Waals surface area contributed by atoms with Crippen molar-refractivity contribution in [2.45, 2.75) is 12.5 Å². The molecular formula is C21H19N3O3. The van der Waals surface area contributed by atoms with Crippen molar-refractivity contribution in [1.82, 2.24) is 15.4 Å². The molecule has 0 bridgehead atoms. The highest BCUT2D eigenvalue weighted by molar-refractivity contribution is 5.89. The molecule has 6 heteroatoms. The summed E-state index contributed by atoms with van der Waals surface area (Å²) in [5.74, 6) is -1.41. The highest BCUT2D eigenvalue weighted by Gasteiger charge is 2.22. The van der Waals surface area contributed by atoms with Crippen LogP contribution in [0.5, 0.6) is 0 Å². The number of aromatic nitrogens is 1. The standard InChI is InChI=1S/C21H19N3O3/c25-18(15-24-14-8-7-13-19(24)26)22-23-21(27)20(16-9-3-1-4-10-16)17-11-5-2-6-12-17/h1-14,20H,15H2,(H,22,25)(H,23,27). The third kappa shape index (κ3) is 4.70. The van der Waals surface area contributed by atoms with E-state index < -0.39 is 11.8 Å². The first kappa shape index (κ1) is 18.1. The summed E-state index contributed by atoms with van der Waals surface area (Å²) in [6, 6.07) is 23.3. The molecule has 0 radical (unpaired) electrons. The van der Waals surface area contributed by atoms with Gasteiger partial charge in [-0.1, -0.05) is 66.7 Å². The number of carbonyl (C=O) groups excluding carboxylic acids is 2. The molecule has 0 saturated heterocycles. The number of carbonyl (C=O) groups is 2. The van der Waals surface area contributed by atoms with Gasteiger partial charge in [-0.3, -0.25) is 25.2 Å².